The van der Waals surface area contributed by atoms with Crippen molar-refractivity contribution in [3.05, 3.63) is 42.4 Å². The maximum Gasteiger partial charge on any atom is 0.247 e. The summed E-state index contributed by atoms with van der Waals surface area (Å²) in [5, 5.41) is 0. The molecule has 1 aromatic heterocycles. The van der Waals surface area contributed by atoms with Crippen LogP contribution in [0.25, 0.3) is 6.08 Å². The summed E-state index contributed by atoms with van der Waals surface area (Å²) in [6.45, 7) is 0. The molecule has 0 aromatic carbocycles. The fourth-order valence-electron chi connectivity index (χ4n) is 2.69. The second-order valence-corrected chi connectivity index (χ2v) is 4.56. The summed E-state index contributed by atoms with van der Waals surface area (Å²) >= 11 is 0. The van der Waals surface area contributed by atoms with Crippen molar-refractivity contribution in [3.63, 3.8) is 0 Å². The molecule has 0 aliphatic carbocycles. The SMILES string of the molecule is O=C(C=Cc1ccco1)N1C2C=CCC1CC2. The number of hydrogen-bond acceptors (Lipinski definition) is 2. The van der Waals surface area contributed by atoms with Crippen LogP contribution in [0.4, 0.5) is 0 Å². The average Bonchev–Trinajstić information content (AvgIpc) is 2.93. The van der Waals surface area contributed by atoms with E-state index in [1.807, 2.05) is 17.0 Å². The average molecular weight is 229 g/mol. The molecule has 88 valence electrons. The third-order valence-electron chi connectivity index (χ3n) is 3.50. The molecule has 2 unspecified atom stereocenters. The van der Waals surface area contributed by atoms with Gasteiger partial charge in [-0.1, -0.05) is 12.2 Å². The van der Waals surface area contributed by atoms with Gasteiger partial charge in [0, 0.05) is 12.1 Å². The molecule has 3 heterocycles. The highest BCUT2D eigenvalue weighted by Gasteiger charge is 2.35. The van der Waals surface area contributed by atoms with Crippen molar-refractivity contribution in [1.82, 2.24) is 4.90 Å². The van der Waals surface area contributed by atoms with Crippen LogP contribution in [0.5, 0.6) is 0 Å². The van der Waals surface area contributed by atoms with E-state index in [9.17, 15) is 4.79 Å². The van der Waals surface area contributed by atoms with Crippen molar-refractivity contribution in [1.29, 1.82) is 0 Å². The standard InChI is InChI=1S/C14H15NO2/c16-14(9-8-13-5-2-10-17-13)15-11-3-1-4-12(15)7-6-11/h1-3,5,8-12H,4,6-7H2. The third-order valence-corrected chi connectivity index (χ3v) is 3.50. The Morgan fingerprint density at radius 2 is 2.41 bits per heavy atom. The van der Waals surface area contributed by atoms with E-state index in [1.165, 1.54) is 0 Å². The fraction of sp³-hybridized carbons (Fsp3) is 0.357. The molecular formula is C14H15NO2. The van der Waals surface area contributed by atoms with Crippen LogP contribution < -0.4 is 0 Å². The number of carbonyl (C=O) groups excluding carboxylic acids is 1. The van der Waals surface area contributed by atoms with E-state index in [4.69, 9.17) is 4.42 Å². The van der Waals surface area contributed by atoms with E-state index in [1.54, 1.807) is 18.4 Å². The van der Waals surface area contributed by atoms with Gasteiger partial charge in [-0.3, -0.25) is 4.79 Å². The largest absolute Gasteiger partial charge is 0.465 e. The fourth-order valence-corrected chi connectivity index (χ4v) is 2.69. The van der Waals surface area contributed by atoms with Gasteiger partial charge in [-0.2, -0.15) is 0 Å². The summed E-state index contributed by atoms with van der Waals surface area (Å²) in [7, 11) is 0. The lowest BCUT2D eigenvalue weighted by Gasteiger charge is -2.30. The minimum absolute atomic E-state index is 0.0956. The van der Waals surface area contributed by atoms with Crippen molar-refractivity contribution < 1.29 is 9.21 Å². The third kappa shape index (κ3) is 1.93. The first-order chi connectivity index (χ1) is 8.34. The second kappa shape index (κ2) is 4.24. The summed E-state index contributed by atoms with van der Waals surface area (Å²) in [5.41, 5.74) is 0. The molecule has 3 rings (SSSR count). The van der Waals surface area contributed by atoms with Gasteiger partial charge < -0.3 is 9.32 Å². The second-order valence-electron chi connectivity index (χ2n) is 4.56. The molecule has 1 aromatic rings. The summed E-state index contributed by atoms with van der Waals surface area (Å²) < 4.78 is 5.17. The maximum atomic E-state index is 12.1. The highest BCUT2D eigenvalue weighted by Crippen LogP contribution is 2.31. The quantitative estimate of drug-likeness (QED) is 0.577. The lowest BCUT2D eigenvalue weighted by atomic mass is 10.1. The number of hydrogen-bond donors (Lipinski definition) is 0. The topological polar surface area (TPSA) is 33.5 Å². The molecule has 0 saturated carbocycles. The van der Waals surface area contributed by atoms with Crippen LogP contribution in [0.15, 0.2) is 41.0 Å². The van der Waals surface area contributed by atoms with Crippen LogP contribution in [0, 0.1) is 0 Å². The molecule has 1 fully saturated rings. The predicted octanol–water partition coefficient (Wildman–Crippen LogP) is 2.61. The Labute approximate surface area is 100 Å². The lowest BCUT2D eigenvalue weighted by molar-refractivity contribution is -0.128. The number of carbonyl (C=O) groups is 1. The maximum absolute atomic E-state index is 12.1. The zero-order valence-electron chi connectivity index (χ0n) is 9.58. The first-order valence-corrected chi connectivity index (χ1v) is 6.05. The van der Waals surface area contributed by atoms with Gasteiger partial charge in [0.1, 0.15) is 5.76 Å². The minimum Gasteiger partial charge on any atom is -0.465 e. The van der Waals surface area contributed by atoms with E-state index in [2.05, 4.69) is 12.2 Å². The van der Waals surface area contributed by atoms with Crippen LogP contribution in [-0.4, -0.2) is 22.9 Å². The highest BCUT2D eigenvalue weighted by molar-refractivity contribution is 5.92. The first-order valence-electron chi connectivity index (χ1n) is 6.05. The molecule has 0 spiro atoms. The normalized spacial score (nSPS) is 26.9. The predicted molar refractivity (Wildman–Crippen MR) is 65.2 cm³/mol. The molecule has 2 aliphatic heterocycles. The van der Waals surface area contributed by atoms with Crippen LogP contribution >= 0.6 is 0 Å². The molecule has 0 radical (unpaired) electrons. The molecule has 3 heteroatoms. The Kier molecular flexibility index (Phi) is 2.59. The molecule has 2 atom stereocenters. The van der Waals surface area contributed by atoms with Gasteiger partial charge in [-0.15, -0.1) is 0 Å². The van der Waals surface area contributed by atoms with Crippen molar-refractivity contribution in [3.8, 4) is 0 Å². The first kappa shape index (κ1) is 10.4. The summed E-state index contributed by atoms with van der Waals surface area (Å²) in [5.74, 6) is 0.816. The van der Waals surface area contributed by atoms with Crippen LogP contribution in [0.2, 0.25) is 0 Å². The Bertz CT molecular complexity index is 459. The Morgan fingerprint density at radius 1 is 1.47 bits per heavy atom. The molecule has 1 saturated heterocycles. The van der Waals surface area contributed by atoms with E-state index < -0.39 is 0 Å². The number of fused-ring (bicyclic) bond motifs is 2. The smallest absolute Gasteiger partial charge is 0.247 e. The van der Waals surface area contributed by atoms with Gasteiger partial charge in [-0.25, -0.2) is 0 Å². The van der Waals surface area contributed by atoms with Crippen LogP contribution in [-0.2, 0) is 4.79 Å². The molecular weight excluding hydrogens is 214 g/mol. The zero-order valence-corrected chi connectivity index (χ0v) is 9.58. The van der Waals surface area contributed by atoms with Gasteiger partial charge in [0.2, 0.25) is 5.91 Å². The van der Waals surface area contributed by atoms with E-state index in [0.717, 1.165) is 25.0 Å². The van der Waals surface area contributed by atoms with E-state index in [-0.39, 0.29) is 5.91 Å². The van der Waals surface area contributed by atoms with Crippen molar-refractivity contribution in [2.24, 2.45) is 0 Å². The molecule has 2 bridgehead atoms. The minimum atomic E-state index is 0.0956. The van der Waals surface area contributed by atoms with Gasteiger partial charge in [0.15, 0.2) is 0 Å². The van der Waals surface area contributed by atoms with Crippen molar-refractivity contribution >= 4 is 12.0 Å². The number of nitrogens with zero attached hydrogens (tertiary/aromatic N) is 1. The molecule has 3 nitrogen and oxygen atoms in total. The Morgan fingerprint density at radius 3 is 3.18 bits per heavy atom. The Hall–Kier alpha value is -1.77. The lowest BCUT2D eigenvalue weighted by Crippen LogP contribution is -2.41. The zero-order chi connectivity index (χ0) is 11.7. The molecule has 2 aliphatic rings. The number of amides is 1. The van der Waals surface area contributed by atoms with Gasteiger partial charge in [-0.05, 0) is 37.5 Å². The van der Waals surface area contributed by atoms with Gasteiger partial charge in [0.25, 0.3) is 0 Å². The van der Waals surface area contributed by atoms with E-state index in [0.29, 0.717) is 12.1 Å². The Balaban J connectivity index is 1.73. The van der Waals surface area contributed by atoms with Crippen molar-refractivity contribution in [2.45, 2.75) is 31.3 Å². The number of rotatable bonds is 2. The molecule has 0 N–H and O–H groups in total. The van der Waals surface area contributed by atoms with Gasteiger partial charge >= 0.3 is 0 Å². The highest BCUT2D eigenvalue weighted by atomic mass is 16.3. The summed E-state index contributed by atoms with van der Waals surface area (Å²) in [6.07, 6.45) is 12.5. The number of furan rings is 1. The monoisotopic (exact) mass is 229 g/mol. The van der Waals surface area contributed by atoms with Crippen molar-refractivity contribution in [2.75, 3.05) is 0 Å². The molecule has 1 amide bonds. The van der Waals surface area contributed by atoms with Gasteiger partial charge in [0.05, 0.1) is 12.3 Å². The summed E-state index contributed by atoms with van der Waals surface area (Å²) in [6, 6.07) is 4.37. The molecule has 17 heavy (non-hydrogen) atoms. The summed E-state index contributed by atoms with van der Waals surface area (Å²) in [4.78, 5) is 14.1. The van der Waals surface area contributed by atoms with Crippen LogP contribution in [0.1, 0.15) is 25.0 Å². The van der Waals surface area contributed by atoms with Crippen LogP contribution in [0.3, 0.4) is 0 Å². The van der Waals surface area contributed by atoms with E-state index >= 15 is 0 Å².